The molecule has 2 aliphatic heterocycles. The molecule has 0 radical (unpaired) electrons. The Labute approximate surface area is 125 Å². The lowest BCUT2D eigenvalue weighted by molar-refractivity contribution is 0.135. The fourth-order valence-electron chi connectivity index (χ4n) is 2.18. The number of thioether (sulfide) groups is 1. The van der Waals surface area contributed by atoms with Crippen molar-refractivity contribution in [3.05, 3.63) is 0 Å². The molecule has 6 nitrogen and oxygen atoms in total. The Kier molecular flexibility index (Phi) is 5.14. The van der Waals surface area contributed by atoms with E-state index in [0.717, 1.165) is 22.2 Å². The van der Waals surface area contributed by atoms with Gasteiger partial charge in [-0.15, -0.1) is 16.2 Å². The number of hydrogen-bond acceptors (Lipinski definition) is 6. The minimum atomic E-state index is -1.64. The highest BCUT2D eigenvalue weighted by molar-refractivity contribution is 8.14. The number of rotatable bonds is 3. The summed E-state index contributed by atoms with van der Waals surface area (Å²) in [5, 5.41) is 5.37. The van der Waals surface area contributed by atoms with Crippen LogP contribution in [0.4, 0.5) is 14.0 Å². The number of hydrogen-bond donors (Lipinski definition) is 0. The zero-order valence-corrected chi connectivity index (χ0v) is 12.9. The number of oxime groups is 1. The van der Waals surface area contributed by atoms with E-state index in [1.54, 1.807) is 11.8 Å². The molecule has 2 saturated heterocycles. The Hall–Kier alpha value is -0.960. The maximum atomic E-state index is 12.4. The molecule has 0 aromatic carbocycles. The first-order chi connectivity index (χ1) is 9.47. The SMILES string of the molecule is CN(SN(C)C(=O)ON=C1SC2CCC1CC2)C(=O)F. The summed E-state index contributed by atoms with van der Waals surface area (Å²) in [5.41, 5.74) is 0. The third-order valence-electron chi connectivity index (χ3n) is 3.27. The van der Waals surface area contributed by atoms with E-state index in [9.17, 15) is 14.0 Å². The van der Waals surface area contributed by atoms with Gasteiger partial charge in [0.2, 0.25) is 0 Å². The van der Waals surface area contributed by atoms with E-state index < -0.39 is 12.3 Å². The minimum Gasteiger partial charge on any atom is -0.296 e. The van der Waals surface area contributed by atoms with E-state index in [1.807, 2.05) is 0 Å². The van der Waals surface area contributed by atoms with Crippen LogP contribution in [-0.4, -0.2) is 45.3 Å². The lowest BCUT2D eigenvalue weighted by Gasteiger charge is -2.35. The van der Waals surface area contributed by atoms with Crippen LogP contribution in [0.3, 0.4) is 0 Å². The maximum absolute atomic E-state index is 12.4. The molecule has 0 unspecified atom stereocenters. The number of halogens is 1. The standard InChI is InChI=1S/C11H16FN3O3S2/c1-14(10(12)16)20-15(2)11(17)18-13-9-7-3-5-8(19-9)6-4-7/h7-8H,3-6H2,1-2H3. The molecular formula is C11H16FN3O3S2. The summed E-state index contributed by atoms with van der Waals surface area (Å²) < 4.78 is 14.0. The maximum Gasteiger partial charge on any atom is 0.447 e. The third-order valence-corrected chi connectivity index (χ3v) is 5.51. The van der Waals surface area contributed by atoms with Gasteiger partial charge in [0.1, 0.15) is 5.04 Å². The molecule has 0 aromatic rings. The zero-order chi connectivity index (χ0) is 14.7. The fourth-order valence-corrected chi connectivity index (χ4v) is 4.07. The van der Waals surface area contributed by atoms with Gasteiger partial charge in [-0.25, -0.2) is 18.2 Å². The van der Waals surface area contributed by atoms with Crippen molar-refractivity contribution < 1.29 is 18.8 Å². The fraction of sp³-hybridized carbons (Fsp3) is 0.727. The zero-order valence-electron chi connectivity index (χ0n) is 11.2. The van der Waals surface area contributed by atoms with Crippen molar-refractivity contribution in [3.8, 4) is 0 Å². The highest BCUT2D eigenvalue weighted by Crippen LogP contribution is 2.42. The predicted molar refractivity (Wildman–Crippen MR) is 76.9 cm³/mol. The molecule has 20 heavy (non-hydrogen) atoms. The molecule has 0 N–H and O–H groups in total. The highest BCUT2D eigenvalue weighted by Gasteiger charge is 2.34. The summed E-state index contributed by atoms with van der Waals surface area (Å²) in [7, 11) is 2.60. The molecule has 2 amide bonds. The lowest BCUT2D eigenvalue weighted by Crippen LogP contribution is -2.31. The van der Waals surface area contributed by atoms with Gasteiger partial charge in [-0.3, -0.25) is 4.84 Å². The lowest BCUT2D eigenvalue weighted by atomic mass is 9.89. The van der Waals surface area contributed by atoms with Crippen LogP contribution in [0.15, 0.2) is 5.16 Å². The average Bonchev–Trinajstić information content (AvgIpc) is 2.45. The van der Waals surface area contributed by atoms with Crippen molar-refractivity contribution in [2.75, 3.05) is 14.1 Å². The summed E-state index contributed by atoms with van der Waals surface area (Å²) >= 11 is 2.29. The summed E-state index contributed by atoms with van der Waals surface area (Å²) in [6.45, 7) is 0. The van der Waals surface area contributed by atoms with Crippen LogP contribution < -0.4 is 0 Å². The normalized spacial score (nSPS) is 26.4. The Balaban J connectivity index is 1.84. The number of amides is 2. The van der Waals surface area contributed by atoms with Crippen molar-refractivity contribution >= 4 is 41.2 Å². The molecule has 1 aliphatic carbocycles. The van der Waals surface area contributed by atoms with Crippen molar-refractivity contribution in [1.29, 1.82) is 0 Å². The van der Waals surface area contributed by atoms with Gasteiger partial charge in [0, 0.05) is 25.3 Å². The van der Waals surface area contributed by atoms with Gasteiger partial charge in [0.25, 0.3) is 0 Å². The molecule has 1 saturated carbocycles. The van der Waals surface area contributed by atoms with Gasteiger partial charge < -0.3 is 0 Å². The number of fused-ring (bicyclic) bond motifs is 3. The Morgan fingerprint density at radius 1 is 1.30 bits per heavy atom. The smallest absolute Gasteiger partial charge is 0.296 e. The molecule has 2 bridgehead atoms. The second-order valence-electron chi connectivity index (χ2n) is 4.71. The van der Waals surface area contributed by atoms with E-state index in [0.29, 0.717) is 27.6 Å². The number of carbonyl (C=O) groups is 2. The molecule has 3 fully saturated rings. The van der Waals surface area contributed by atoms with Crippen LogP contribution in [0.2, 0.25) is 0 Å². The molecule has 0 spiro atoms. The number of carbonyl (C=O) groups excluding carboxylic acids is 2. The first kappa shape index (κ1) is 15.4. The average molecular weight is 321 g/mol. The largest absolute Gasteiger partial charge is 0.447 e. The van der Waals surface area contributed by atoms with Gasteiger partial charge in [-0.05, 0) is 25.7 Å². The van der Waals surface area contributed by atoms with Gasteiger partial charge >= 0.3 is 12.3 Å². The van der Waals surface area contributed by atoms with Gasteiger partial charge in [0.05, 0.1) is 12.1 Å². The van der Waals surface area contributed by atoms with Crippen molar-refractivity contribution in [3.63, 3.8) is 0 Å². The molecule has 3 aliphatic rings. The van der Waals surface area contributed by atoms with Crippen LogP contribution in [0.25, 0.3) is 0 Å². The summed E-state index contributed by atoms with van der Waals surface area (Å²) in [5.74, 6) is 0.394. The molecule has 9 heteroatoms. The van der Waals surface area contributed by atoms with Crippen LogP contribution in [0.5, 0.6) is 0 Å². The topological polar surface area (TPSA) is 62.2 Å². The quantitative estimate of drug-likeness (QED) is 0.262. The van der Waals surface area contributed by atoms with E-state index in [2.05, 4.69) is 5.16 Å². The van der Waals surface area contributed by atoms with Crippen molar-refractivity contribution in [2.45, 2.75) is 30.9 Å². The van der Waals surface area contributed by atoms with Crippen molar-refractivity contribution in [2.24, 2.45) is 11.1 Å². The first-order valence-electron chi connectivity index (χ1n) is 6.28. The van der Waals surface area contributed by atoms with E-state index in [4.69, 9.17) is 4.84 Å². The predicted octanol–water partition coefficient (Wildman–Crippen LogP) is 3.26. The van der Waals surface area contributed by atoms with E-state index >= 15 is 0 Å². The van der Waals surface area contributed by atoms with Gasteiger partial charge in [0.15, 0.2) is 0 Å². The monoisotopic (exact) mass is 321 g/mol. The van der Waals surface area contributed by atoms with Crippen molar-refractivity contribution in [1.82, 2.24) is 8.61 Å². The van der Waals surface area contributed by atoms with Crippen LogP contribution in [0, 0.1) is 5.92 Å². The van der Waals surface area contributed by atoms with Crippen LogP contribution >= 0.6 is 23.9 Å². The Bertz CT molecular complexity index is 427. The second-order valence-corrected chi connectivity index (χ2v) is 7.29. The molecule has 2 heterocycles. The summed E-state index contributed by atoms with van der Waals surface area (Å²) in [6, 6.07) is 0. The third kappa shape index (κ3) is 3.78. The molecular weight excluding hydrogens is 305 g/mol. The molecule has 0 aromatic heterocycles. The molecule has 3 rings (SSSR count). The minimum absolute atomic E-state index is 0.394. The van der Waals surface area contributed by atoms with Crippen LogP contribution in [-0.2, 0) is 4.84 Å². The van der Waals surface area contributed by atoms with E-state index in [-0.39, 0.29) is 0 Å². The number of nitrogens with zero attached hydrogens (tertiary/aromatic N) is 3. The van der Waals surface area contributed by atoms with E-state index in [1.165, 1.54) is 26.9 Å². The summed E-state index contributed by atoms with van der Waals surface area (Å²) in [4.78, 5) is 26.9. The van der Waals surface area contributed by atoms with Gasteiger partial charge in [-0.2, -0.15) is 0 Å². The van der Waals surface area contributed by atoms with Crippen LogP contribution in [0.1, 0.15) is 25.7 Å². The second kappa shape index (κ2) is 6.66. The van der Waals surface area contributed by atoms with Gasteiger partial charge in [-0.1, -0.05) is 5.16 Å². The summed E-state index contributed by atoms with van der Waals surface area (Å²) in [6.07, 6.45) is 2.21. The first-order valence-corrected chi connectivity index (χ1v) is 7.89. The Morgan fingerprint density at radius 2 is 1.95 bits per heavy atom. The Morgan fingerprint density at radius 3 is 2.45 bits per heavy atom. The molecule has 0 atom stereocenters. The highest BCUT2D eigenvalue weighted by atomic mass is 32.2. The molecule has 112 valence electrons.